The number of rotatable bonds is 3. The first-order chi connectivity index (χ1) is 12.4. The van der Waals surface area contributed by atoms with Crippen LogP contribution in [0.1, 0.15) is 25.3 Å². The minimum atomic E-state index is -1.66. The van der Waals surface area contributed by atoms with E-state index < -0.39 is 29.0 Å². The summed E-state index contributed by atoms with van der Waals surface area (Å²) >= 11 is 0. The first kappa shape index (κ1) is 19.4. The van der Waals surface area contributed by atoms with E-state index in [-0.39, 0.29) is 41.1 Å². The van der Waals surface area contributed by atoms with Crippen LogP contribution in [0.25, 0.3) is 10.9 Å². The second-order valence-electron chi connectivity index (χ2n) is 6.74. The molecule has 1 aliphatic carbocycles. The number of carboxylic acid groups (broad SMARTS) is 1. The van der Waals surface area contributed by atoms with Gasteiger partial charge in [0.1, 0.15) is 11.5 Å². The third kappa shape index (κ3) is 3.32. The number of nitrogens with zero attached hydrogens (tertiary/aromatic N) is 2. The Kier molecular flexibility index (Phi) is 5.00. The Balaban J connectivity index is 0.00000210. The van der Waals surface area contributed by atoms with Crippen LogP contribution in [0.15, 0.2) is 17.1 Å². The van der Waals surface area contributed by atoms with Crippen LogP contribution in [0.2, 0.25) is 0 Å². The fourth-order valence-corrected chi connectivity index (χ4v) is 3.49. The highest BCUT2D eigenvalue weighted by atomic mass is 35.5. The molecule has 2 aromatic rings. The average molecular weight is 402 g/mol. The van der Waals surface area contributed by atoms with Crippen molar-refractivity contribution in [1.29, 1.82) is 0 Å². The number of hydrogen-bond donors (Lipinski definition) is 2. The van der Waals surface area contributed by atoms with E-state index in [1.54, 1.807) is 0 Å². The van der Waals surface area contributed by atoms with Crippen LogP contribution in [0.4, 0.5) is 19.3 Å². The highest BCUT2D eigenvalue weighted by Gasteiger charge is 2.32. The number of anilines is 1. The summed E-state index contributed by atoms with van der Waals surface area (Å²) in [5, 5.41) is 8.56. The summed E-state index contributed by atoms with van der Waals surface area (Å²) in [5.41, 5.74) is 4.74. The molecule has 0 radical (unpaired) electrons. The number of carbonyl (C=O) groups is 1. The molecule has 0 amide bonds. The van der Waals surface area contributed by atoms with Crippen LogP contribution in [-0.2, 0) is 0 Å². The third-order valence-electron chi connectivity index (χ3n) is 4.83. The number of ether oxygens (including phenoxy) is 1. The van der Waals surface area contributed by atoms with Gasteiger partial charge in [-0.15, -0.1) is 12.4 Å². The lowest BCUT2D eigenvalue weighted by molar-refractivity contribution is 0.143. The van der Waals surface area contributed by atoms with Gasteiger partial charge in [-0.2, -0.15) is 0 Å². The summed E-state index contributed by atoms with van der Waals surface area (Å²) in [7, 11) is 0. The third-order valence-corrected chi connectivity index (χ3v) is 4.83. The maximum Gasteiger partial charge on any atom is 0.511 e. The summed E-state index contributed by atoms with van der Waals surface area (Å²) in [4.78, 5) is 24.8. The molecule has 10 heteroatoms. The van der Waals surface area contributed by atoms with Gasteiger partial charge < -0.3 is 25.0 Å². The standard InChI is InChI=1S/C17H17F2N3O4.ClH/c18-11-5-10-14(13(19)15(11)21-4-3-8(20)6-21)22(9-1-2-9)7-12(16(10)23)26-17(24)25;/h5,7-9H,1-4,6,20H2,(H,24,25);1H/t8-;/m1./s1. The predicted molar refractivity (Wildman–Crippen MR) is 97.1 cm³/mol. The van der Waals surface area contributed by atoms with E-state index in [0.717, 1.165) is 18.9 Å². The van der Waals surface area contributed by atoms with E-state index in [2.05, 4.69) is 4.74 Å². The Morgan fingerprint density at radius 1 is 1.30 bits per heavy atom. The Labute approximate surface area is 158 Å². The number of pyridine rings is 1. The summed E-state index contributed by atoms with van der Waals surface area (Å²) in [6, 6.07) is 0.706. The van der Waals surface area contributed by atoms with Crippen LogP contribution in [-0.4, -0.2) is 35.0 Å². The van der Waals surface area contributed by atoms with E-state index in [4.69, 9.17) is 10.8 Å². The fourth-order valence-electron chi connectivity index (χ4n) is 3.49. The number of fused-ring (bicyclic) bond motifs is 1. The van der Waals surface area contributed by atoms with E-state index in [1.165, 1.54) is 15.7 Å². The molecule has 1 saturated heterocycles. The van der Waals surface area contributed by atoms with Crippen LogP contribution < -0.4 is 20.8 Å². The summed E-state index contributed by atoms with van der Waals surface area (Å²) < 4.78 is 35.9. The number of aromatic nitrogens is 1. The molecule has 146 valence electrons. The maximum absolute atomic E-state index is 15.3. The van der Waals surface area contributed by atoms with E-state index in [0.29, 0.717) is 19.5 Å². The topological polar surface area (TPSA) is 97.8 Å². The summed E-state index contributed by atoms with van der Waals surface area (Å²) in [6.07, 6.45) is 1.66. The molecule has 1 saturated carbocycles. The van der Waals surface area contributed by atoms with Gasteiger partial charge in [-0.05, 0) is 25.3 Å². The van der Waals surface area contributed by atoms with Gasteiger partial charge in [0.05, 0.1) is 17.1 Å². The lowest BCUT2D eigenvalue weighted by Crippen LogP contribution is -2.28. The number of benzene rings is 1. The molecule has 3 N–H and O–H groups in total. The smallest absolute Gasteiger partial charge is 0.449 e. The first-order valence-electron chi connectivity index (χ1n) is 8.35. The molecule has 1 aromatic carbocycles. The second-order valence-corrected chi connectivity index (χ2v) is 6.74. The van der Waals surface area contributed by atoms with Gasteiger partial charge in [0.2, 0.25) is 5.43 Å². The predicted octanol–water partition coefficient (Wildman–Crippen LogP) is 2.63. The van der Waals surface area contributed by atoms with Crippen molar-refractivity contribution in [2.24, 2.45) is 5.73 Å². The van der Waals surface area contributed by atoms with Crippen molar-refractivity contribution in [3.8, 4) is 5.75 Å². The SMILES string of the molecule is Cl.N[C@@H]1CCN(c2c(F)cc3c(=O)c(OC(=O)O)cn(C4CC4)c3c2F)C1. The summed E-state index contributed by atoms with van der Waals surface area (Å²) in [6.45, 7) is 0.752. The number of nitrogens with two attached hydrogens (primary N) is 1. The molecule has 2 heterocycles. The van der Waals surface area contributed by atoms with Crippen LogP contribution in [0, 0.1) is 11.6 Å². The zero-order valence-electron chi connectivity index (χ0n) is 14.2. The monoisotopic (exact) mass is 401 g/mol. The quantitative estimate of drug-likeness (QED) is 0.767. The second kappa shape index (κ2) is 6.97. The molecule has 4 rings (SSSR count). The maximum atomic E-state index is 15.3. The molecule has 1 atom stereocenters. The van der Waals surface area contributed by atoms with E-state index in [9.17, 15) is 14.0 Å². The normalized spacial score (nSPS) is 19.2. The van der Waals surface area contributed by atoms with Gasteiger partial charge in [0.25, 0.3) is 0 Å². The highest BCUT2D eigenvalue weighted by molar-refractivity contribution is 5.86. The van der Waals surface area contributed by atoms with Crippen molar-refractivity contribution in [3.63, 3.8) is 0 Å². The van der Waals surface area contributed by atoms with Crippen LogP contribution in [0.5, 0.6) is 5.75 Å². The number of hydrogen-bond acceptors (Lipinski definition) is 5. The van der Waals surface area contributed by atoms with Gasteiger partial charge in [-0.3, -0.25) is 4.79 Å². The highest BCUT2D eigenvalue weighted by Crippen LogP contribution is 2.40. The zero-order chi connectivity index (χ0) is 18.6. The molecule has 0 unspecified atom stereocenters. The fraction of sp³-hybridized carbons (Fsp3) is 0.412. The lowest BCUT2D eigenvalue weighted by atomic mass is 10.1. The van der Waals surface area contributed by atoms with Crippen molar-refractivity contribution in [3.05, 3.63) is 34.1 Å². The Hall–Kier alpha value is -2.39. The van der Waals surface area contributed by atoms with Crippen molar-refractivity contribution in [2.45, 2.75) is 31.3 Å². The average Bonchev–Trinajstić information content (AvgIpc) is 3.32. The van der Waals surface area contributed by atoms with Crippen molar-refractivity contribution in [2.75, 3.05) is 18.0 Å². The zero-order valence-corrected chi connectivity index (χ0v) is 15.0. The van der Waals surface area contributed by atoms with Crippen LogP contribution >= 0.6 is 12.4 Å². The largest absolute Gasteiger partial charge is 0.511 e. The summed E-state index contributed by atoms with van der Waals surface area (Å²) in [5.74, 6) is -2.18. The molecule has 1 aliphatic heterocycles. The van der Waals surface area contributed by atoms with Gasteiger partial charge in [-0.1, -0.05) is 0 Å². The van der Waals surface area contributed by atoms with E-state index >= 15 is 4.39 Å². The first-order valence-corrected chi connectivity index (χ1v) is 8.35. The van der Waals surface area contributed by atoms with Crippen molar-refractivity contribution >= 4 is 35.2 Å². The molecule has 0 spiro atoms. The van der Waals surface area contributed by atoms with Crippen molar-refractivity contribution < 1.29 is 23.4 Å². The molecule has 27 heavy (non-hydrogen) atoms. The Morgan fingerprint density at radius 2 is 2.00 bits per heavy atom. The minimum Gasteiger partial charge on any atom is -0.449 e. The van der Waals surface area contributed by atoms with Crippen molar-refractivity contribution in [1.82, 2.24) is 4.57 Å². The lowest BCUT2D eigenvalue weighted by Gasteiger charge is -2.22. The molecular weight excluding hydrogens is 384 g/mol. The Morgan fingerprint density at radius 3 is 2.56 bits per heavy atom. The molecule has 2 fully saturated rings. The molecule has 2 aliphatic rings. The van der Waals surface area contributed by atoms with E-state index in [1.807, 2.05) is 0 Å². The van der Waals surface area contributed by atoms with Gasteiger partial charge >= 0.3 is 6.16 Å². The van der Waals surface area contributed by atoms with Gasteiger partial charge in [0.15, 0.2) is 11.6 Å². The molecule has 7 nitrogen and oxygen atoms in total. The minimum absolute atomic E-state index is 0. The van der Waals surface area contributed by atoms with Gasteiger partial charge in [-0.25, -0.2) is 13.6 Å². The number of halogens is 3. The molecule has 0 bridgehead atoms. The van der Waals surface area contributed by atoms with Gasteiger partial charge in [0, 0.05) is 25.2 Å². The van der Waals surface area contributed by atoms with Crippen LogP contribution in [0.3, 0.4) is 0 Å². The molecular formula is C17H18ClF2N3O4. The molecule has 1 aromatic heterocycles. The Bertz CT molecular complexity index is 977.